The summed E-state index contributed by atoms with van der Waals surface area (Å²) in [5.74, 6) is 0.598. The van der Waals surface area contributed by atoms with Gasteiger partial charge in [0.2, 0.25) is 5.91 Å². The van der Waals surface area contributed by atoms with Crippen molar-refractivity contribution in [3.05, 3.63) is 23.9 Å². The summed E-state index contributed by atoms with van der Waals surface area (Å²) in [6.07, 6.45) is 1.97. The summed E-state index contributed by atoms with van der Waals surface area (Å²) >= 11 is 0. The van der Waals surface area contributed by atoms with Crippen LogP contribution >= 0.6 is 0 Å². The summed E-state index contributed by atoms with van der Waals surface area (Å²) in [6, 6.07) is 3.59. The lowest BCUT2D eigenvalue weighted by atomic mass is 10.1. The maximum Gasteiger partial charge on any atom is 0.239 e. The SMILES string of the molecule is CCCNC(=O)CN(C)c1ncccc1[C@H](C)O. The van der Waals surface area contributed by atoms with E-state index in [1.165, 1.54) is 0 Å². The van der Waals surface area contributed by atoms with Gasteiger partial charge in [-0.25, -0.2) is 4.98 Å². The molecule has 0 spiro atoms. The number of hydrogen-bond acceptors (Lipinski definition) is 4. The third-order valence-corrected chi connectivity index (χ3v) is 2.58. The molecule has 18 heavy (non-hydrogen) atoms. The molecule has 0 bridgehead atoms. The number of nitrogens with zero attached hydrogens (tertiary/aromatic N) is 2. The van der Waals surface area contributed by atoms with Crippen molar-refractivity contribution in [2.24, 2.45) is 0 Å². The zero-order chi connectivity index (χ0) is 13.5. The molecule has 100 valence electrons. The van der Waals surface area contributed by atoms with Gasteiger partial charge in [-0.15, -0.1) is 0 Å². The molecule has 1 heterocycles. The smallest absolute Gasteiger partial charge is 0.239 e. The second kappa shape index (κ2) is 6.96. The molecule has 0 fully saturated rings. The van der Waals surface area contributed by atoms with Gasteiger partial charge in [0.05, 0.1) is 12.6 Å². The molecule has 0 radical (unpaired) electrons. The highest BCUT2D eigenvalue weighted by molar-refractivity contribution is 5.81. The highest BCUT2D eigenvalue weighted by atomic mass is 16.3. The van der Waals surface area contributed by atoms with Gasteiger partial charge in [-0.3, -0.25) is 4.79 Å². The summed E-state index contributed by atoms with van der Waals surface area (Å²) in [5, 5.41) is 12.5. The maximum absolute atomic E-state index is 11.6. The summed E-state index contributed by atoms with van der Waals surface area (Å²) in [4.78, 5) is 17.6. The van der Waals surface area contributed by atoms with Gasteiger partial charge < -0.3 is 15.3 Å². The second-order valence-corrected chi connectivity index (χ2v) is 4.30. The largest absolute Gasteiger partial charge is 0.389 e. The molecule has 1 aromatic heterocycles. The van der Waals surface area contributed by atoms with Crippen LogP contribution in [0.3, 0.4) is 0 Å². The predicted molar refractivity (Wildman–Crippen MR) is 71.4 cm³/mol. The molecule has 0 aliphatic carbocycles. The minimum Gasteiger partial charge on any atom is -0.389 e. The lowest BCUT2D eigenvalue weighted by Gasteiger charge is -2.21. The molecule has 5 heteroatoms. The van der Waals surface area contributed by atoms with Gasteiger partial charge in [0.1, 0.15) is 5.82 Å². The van der Waals surface area contributed by atoms with Crippen molar-refractivity contribution in [1.29, 1.82) is 0 Å². The Balaban J connectivity index is 2.72. The number of aromatic nitrogens is 1. The van der Waals surface area contributed by atoms with Gasteiger partial charge in [0.15, 0.2) is 0 Å². The summed E-state index contributed by atoms with van der Waals surface area (Å²) in [5.41, 5.74) is 0.725. The topological polar surface area (TPSA) is 65.5 Å². The van der Waals surface area contributed by atoms with Crippen molar-refractivity contribution in [3.63, 3.8) is 0 Å². The molecule has 1 rings (SSSR count). The fourth-order valence-corrected chi connectivity index (χ4v) is 1.67. The van der Waals surface area contributed by atoms with Crippen molar-refractivity contribution in [2.45, 2.75) is 26.4 Å². The molecule has 1 amide bonds. The van der Waals surface area contributed by atoms with E-state index in [0.717, 1.165) is 12.0 Å². The van der Waals surface area contributed by atoms with Crippen LogP contribution in [-0.4, -0.2) is 36.1 Å². The van der Waals surface area contributed by atoms with Crippen LogP contribution in [0.15, 0.2) is 18.3 Å². The van der Waals surface area contributed by atoms with E-state index in [-0.39, 0.29) is 12.5 Å². The first-order chi connectivity index (χ1) is 8.56. The zero-order valence-corrected chi connectivity index (χ0v) is 11.2. The highest BCUT2D eigenvalue weighted by Gasteiger charge is 2.14. The number of aliphatic hydroxyl groups excluding tert-OH is 1. The van der Waals surface area contributed by atoms with Crippen LogP contribution in [0.5, 0.6) is 0 Å². The lowest BCUT2D eigenvalue weighted by molar-refractivity contribution is -0.119. The molecule has 0 saturated heterocycles. The minimum absolute atomic E-state index is 0.0402. The quantitative estimate of drug-likeness (QED) is 0.794. The second-order valence-electron chi connectivity index (χ2n) is 4.30. The molecule has 0 saturated carbocycles. The van der Waals surface area contributed by atoms with E-state index in [0.29, 0.717) is 12.4 Å². The van der Waals surface area contributed by atoms with E-state index in [1.54, 1.807) is 31.1 Å². The van der Waals surface area contributed by atoms with Crippen molar-refractivity contribution >= 4 is 11.7 Å². The number of carbonyl (C=O) groups excluding carboxylic acids is 1. The summed E-state index contributed by atoms with van der Waals surface area (Å²) < 4.78 is 0. The zero-order valence-electron chi connectivity index (χ0n) is 11.2. The molecule has 0 aromatic carbocycles. The molecular formula is C13H21N3O2. The molecule has 0 aliphatic heterocycles. The van der Waals surface area contributed by atoms with Crippen LogP contribution in [-0.2, 0) is 4.79 Å². The van der Waals surface area contributed by atoms with Crippen LogP contribution < -0.4 is 10.2 Å². The van der Waals surface area contributed by atoms with Gasteiger partial charge in [0, 0.05) is 25.4 Å². The molecule has 0 aliphatic rings. The Morgan fingerprint density at radius 2 is 2.33 bits per heavy atom. The van der Waals surface area contributed by atoms with Crippen molar-refractivity contribution < 1.29 is 9.90 Å². The number of likely N-dealkylation sites (N-methyl/N-ethyl adjacent to an activating group) is 1. The van der Waals surface area contributed by atoms with E-state index >= 15 is 0 Å². The number of hydrogen-bond donors (Lipinski definition) is 2. The van der Waals surface area contributed by atoms with Gasteiger partial charge >= 0.3 is 0 Å². The van der Waals surface area contributed by atoms with Crippen molar-refractivity contribution in [1.82, 2.24) is 10.3 Å². The summed E-state index contributed by atoms with van der Waals surface area (Å²) in [7, 11) is 1.79. The van der Waals surface area contributed by atoms with E-state index in [2.05, 4.69) is 10.3 Å². The Labute approximate surface area is 108 Å². The number of amides is 1. The molecule has 1 atom stereocenters. The monoisotopic (exact) mass is 251 g/mol. The molecule has 5 nitrogen and oxygen atoms in total. The molecular weight excluding hydrogens is 230 g/mol. The standard InChI is InChI=1S/C13H21N3O2/c1-4-7-14-12(18)9-16(3)13-11(10(2)17)6-5-8-15-13/h5-6,8,10,17H,4,7,9H2,1-3H3,(H,14,18)/t10-/m0/s1. The molecule has 2 N–H and O–H groups in total. The number of anilines is 1. The Bertz CT molecular complexity index is 394. The van der Waals surface area contributed by atoms with Crippen molar-refractivity contribution in [2.75, 3.05) is 25.0 Å². The average Bonchev–Trinajstić information content (AvgIpc) is 2.36. The third-order valence-electron chi connectivity index (χ3n) is 2.58. The number of nitrogens with one attached hydrogen (secondary N) is 1. The third kappa shape index (κ3) is 4.00. The highest BCUT2D eigenvalue weighted by Crippen LogP contribution is 2.22. The maximum atomic E-state index is 11.6. The first-order valence-electron chi connectivity index (χ1n) is 6.17. The van der Waals surface area contributed by atoms with Gasteiger partial charge in [-0.2, -0.15) is 0 Å². The fraction of sp³-hybridized carbons (Fsp3) is 0.538. The van der Waals surface area contributed by atoms with Crippen LogP contribution in [0.4, 0.5) is 5.82 Å². The predicted octanol–water partition coefficient (Wildman–Crippen LogP) is 1.10. The molecule has 1 aromatic rings. The number of rotatable bonds is 6. The van der Waals surface area contributed by atoms with Crippen molar-refractivity contribution in [3.8, 4) is 0 Å². The number of pyridine rings is 1. The number of carbonyl (C=O) groups is 1. The summed E-state index contributed by atoms with van der Waals surface area (Å²) in [6.45, 7) is 4.61. The van der Waals surface area contributed by atoms with Crippen LogP contribution in [0, 0.1) is 0 Å². The van der Waals surface area contributed by atoms with Crippen LogP contribution in [0.1, 0.15) is 31.9 Å². The number of aliphatic hydroxyl groups is 1. The minimum atomic E-state index is -0.602. The Kier molecular flexibility index (Phi) is 5.58. The normalized spacial score (nSPS) is 12.0. The first-order valence-corrected chi connectivity index (χ1v) is 6.17. The van der Waals surface area contributed by atoms with Gasteiger partial charge in [-0.05, 0) is 19.4 Å². The molecule has 0 unspecified atom stereocenters. The lowest BCUT2D eigenvalue weighted by Crippen LogP contribution is -2.36. The Morgan fingerprint density at radius 3 is 2.94 bits per heavy atom. The average molecular weight is 251 g/mol. The van der Waals surface area contributed by atoms with Gasteiger partial charge in [0.25, 0.3) is 0 Å². The van der Waals surface area contributed by atoms with Crippen LogP contribution in [0.25, 0.3) is 0 Å². The van der Waals surface area contributed by atoms with Crippen LogP contribution in [0.2, 0.25) is 0 Å². The van der Waals surface area contributed by atoms with E-state index in [9.17, 15) is 9.90 Å². The van der Waals surface area contributed by atoms with Gasteiger partial charge in [-0.1, -0.05) is 13.0 Å². The van der Waals surface area contributed by atoms with E-state index < -0.39 is 6.10 Å². The Morgan fingerprint density at radius 1 is 1.61 bits per heavy atom. The van der Waals surface area contributed by atoms with E-state index in [4.69, 9.17) is 0 Å². The Hall–Kier alpha value is -1.62. The fourth-order valence-electron chi connectivity index (χ4n) is 1.67. The van der Waals surface area contributed by atoms with E-state index in [1.807, 2.05) is 13.0 Å². The first kappa shape index (κ1) is 14.4.